The van der Waals surface area contributed by atoms with E-state index in [1.54, 1.807) is 11.3 Å². The van der Waals surface area contributed by atoms with E-state index in [4.69, 9.17) is 5.73 Å². The molecule has 2 aromatic heterocycles. The van der Waals surface area contributed by atoms with Crippen molar-refractivity contribution in [1.82, 2.24) is 15.3 Å². The van der Waals surface area contributed by atoms with Crippen LogP contribution in [0.4, 0.5) is 17.5 Å². The molecule has 0 unspecified atom stereocenters. The van der Waals surface area contributed by atoms with E-state index >= 15 is 0 Å². The molecule has 27 heavy (non-hydrogen) atoms. The maximum absolute atomic E-state index is 5.94. The zero-order chi connectivity index (χ0) is 18.8. The number of nitrogens with one attached hydrogen (secondary N) is 2. The molecule has 0 radical (unpaired) electrons. The van der Waals surface area contributed by atoms with Crippen LogP contribution in [0.2, 0.25) is 0 Å². The van der Waals surface area contributed by atoms with Crippen LogP contribution in [0, 0.1) is 6.92 Å². The van der Waals surface area contributed by atoms with Crippen molar-refractivity contribution in [3.05, 3.63) is 47.4 Å². The van der Waals surface area contributed by atoms with Crippen molar-refractivity contribution in [1.29, 1.82) is 0 Å². The predicted molar refractivity (Wildman–Crippen MR) is 115 cm³/mol. The highest BCUT2D eigenvalue weighted by atomic mass is 32.1. The Hall–Kier alpha value is -2.60. The third-order valence-electron chi connectivity index (χ3n) is 5.01. The van der Waals surface area contributed by atoms with E-state index in [0.717, 1.165) is 32.3 Å². The first-order valence-corrected chi connectivity index (χ1v) is 10.3. The van der Waals surface area contributed by atoms with Gasteiger partial charge in [-0.05, 0) is 38.0 Å². The molecule has 1 aromatic carbocycles. The van der Waals surface area contributed by atoms with Crippen LogP contribution in [-0.2, 0) is 0 Å². The van der Waals surface area contributed by atoms with E-state index in [0.29, 0.717) is 6.04 Å². The molecule has 0 bridgehead atoms. The van der Waals surface area contributed by atoms with Crippen molar-refractivity contribution in [2.45, 2.75) is 45.1 Å². The standard InChI is InChI=1S/C21H25N5S/c1-13-8-10-16(11-9-13)24-19-17-12-18(27-20(17)26-21(22)25-19)14(2)23-15-6-4-3-5-7-15/h8-12,15,23H,2-7H2,1H3,(H3,22,24,25,26). The molecule has 4 N–H and O–H groups in total. The molecule has 1 fully saturated rings. The van der Waals surface area contributed by atoms with Crippen molar-refractivity contribution < 1.29 is 0 Å². The Morgan fingerprint density at radius 1 is 1.15 bits per heavy atom. The summed E-state index contributed by atoms with van der Waals surface area (Å²) in [4.78, 5) is 10.8. The molecule has 4 rings (SSSR count). The maximum Gasteiger partial charge on any atom is 0.223 e. The molecule has 0 aliphatic heterocycles. The fraction of sp³-hybridized carbons (Fsp3) is 0.333. The van der Waals surface area contributed by atoms with Crippen LogP contribution >= 0.6 is 11.3 Å². The summed E-state index contributed by atoms with van der Waals surface area (Å²) in [7, 11) is 0. The number of hydrogen-bond acceptors (Lipinski definition) is 6. The Morgan fingerprint density at radius 3 is 2.63 bits per heavy atom. The molecule has 3 aromatic rings. The Bertz CT molecular complexity index is 955. The summed E-state index contributed by atoms with van der Waals surface area (Å²) >= 11 is 1.60. The van der Waals surface area contributed by atoms with Gasteiger partial charge in [-0.2, -0.15) is 4.98 Å². The monoisotopic (exact) mass is 379 g/mol. The minimum atomic E-state index is 0.274. The number of benzene rings is 1. The summed E-state index contributed by atoms with van der Waals surface area (Å²) in [6.45, 7) is 6.33. The molecule has 6 heteroatoms. The number of rotatable bonds is 5. The number of nitrogens with two attached hydrogens (primary N) is 1. The van der Waals surface area contributed by atoms with E-state index in [-0.39, 0.29) is 5.95 Å². The summed E-state index contributed by atoms with van der Waals surface area (Å²) in [5, 5.41) is 7.95. The number of nitrogen functional groups attached to an aromatic ring is 1. The minimum Gasteiger partial charge on any atom is -0.382 e. The summed E-state index contributed by atoms with van der Waals surface area (Å²) in [5.41, 5.74) is 9.10. The Kier molecular flexibility index (Phi) is 4.99. The van der Waals surface area contributed by atoms with E-state index in [9.17, 15) is 0 Å². The van der Waals surface area contributed by atoms with Crippen LogP contribution in [0.25, 0.3) is 15.9 Å². The quantitative estimate of drug-likeness (QED) is 0.567. The lowest BCUT2D eigenvalue weighted by molar-refractivity contribution is 0.409. The Morgan fingerprint density at radius 2 is 1.89 bits per heavy atom. The van der Waals surface area contributed by atoms with Crippen LogP contribution in [0.5, 0.6) is 0 Å². The fourth-order valence-electron chi connectivity index (χ4n) is 3.52. The van der Waals surface area contributed by atoms with Crippen molar-refractivity contribution in [3.63, 3.8) is 0 Å². The molecular weight excluding hydrogens is 354 g/mol. The van der Waals surface area contributed by atoms with Gasteiger partial charge in [0.05, 0.1) is 10.3 Å². The molecule has 1 saturated carbocycles. The van der Waals surface area contributed by atoms with E-state index < -0.39 is 0 Å². The summed E-state index contributed by atoms with van der Waals surface area (Å²) in [6, 6.07) is 10.8. The molecule has 0 spiro atoms. The van der Waals surface area contributed by atoms with Crippen LogP contribution < -0.4 is 16.4 Å². The van der Waals surface area contributed by atoms with Gasteiger partial charge in [-0.15, -0.1) is 11.3 Å². The zero-order valence-electron chi connectivity index (χ0n) is 15.6. The first-order valence-electron chi connectivity index (χ1n) is 9.45. The van der Waals surface area contributed by atoms with Gasteiger partial charge < -0.3 is 16.4 Å². The Labute approximate surface area is 163 Å². The van der Waals surface area contributed by atoms with E-state index in [1.807, 2.05) is 12.1 Å². The lowest BCUT2D eigenvalue weighted by Crippen LogP contribution is -2.29. The van der Waals surface area contributed by atoms with Gasteiger partial charge in [-0.3, -0.25) is 0 Å². The molecule has 1 aliphatic rings. The normalized spacial score (nSPS) is 15.0. The second-order valence-corrected chi connectivity index (χ2v) is 8.24. The van der Waals surface area contributed by atoms with Gasteiger partial charge in [0.15, 0.2) is 0 Å². The highest BCUT2D eigenvalue weighted by Gasteiger charge is 2.17. The predicted octanol–water partition coefficient (Wildman–Crippen LogP) is 5.22. The van der Waals surface area contributed by atoms with Crippen molar-refractivity contribution in [3.8, 4) is 0 Å². The van der Waals surface area contributed by atoms with Crippen LogP contribution in [0.15, 0.2) is 36.9 Å². The summed E-state index contributed by atoms with van der Waals surface area (Å²) < 4.78 is 0. The highest BCUT2D eigenvalue weighted by molar-refractivity contribution is 7.19. The second-order valence-electron chi connectivity index (χ2n) is 7.21. The number of aromatic nitrogens is 2. The zero-order valence-corrected chi connectivity index (χ0v) is 16.4. The lowest BCUT2D eigenvalue weighted by Gasteiger charge is -2.24. The van der Waals surface area contributed by atoms with Gasteiger partial charge in [-0.1, -0.05) is 43.5 Å². The number of hydrogen-bond donors (Lipinski definition) is 3. The summed E-state index contributed by atoms with van der Waals surface area (Å²) in [5.74, 6) is 1.01. The number of nitrogens with zero attached hydrogens (tertiary/aromatic N) is 2. The lowest BCUT2D eigenvalue weighted by atomic mass is 9.95. The van der Waals surface area contributed by atoms with Gasteiger partial charge in [0, 0.05) is 17.4 Å². The van der Waals surface area contributed by atoms with Crippen LogP contribution in [0.3, 0.4) is 0 Å². The highest BCUT2D eigenvalue weighted by Crippen LogP contribution is 2.34. The molecule has 0 saturated heterocycles. The average molecular weight is 380 g/mol. The smallest absolute Gasteiger partial charge is 0.223 e. The summed E-state index contributed by atoms with van der Waals surface area (Å²) in [6.07, 6.45) is 6.37. The molecule has 140 valence electrons. The number of fused-ring (bicyclic) bond motifs is 1. The van der Waals surface area contributed by atoms with Crippen LogP contribution in [0.1, 0.15) is 42.5 Å². The molecule has 0 amide bonds. The van der Waals surface area contributed by atoms with Gasteiger partial charge in [0.25, 0.3) is 0 Å². The van der Waals surface area contributed by atoms with Crippen molar-refractivity contribution in [2.24, 2.45) is 0 Å². The van der Waals surface area contributed by atoms with Gasteiger partial charge >= 0.3 is 0 Å². The largest absolute Gasteiger partial charge is 0.382 e. The fourth-order valence-corrected chi connectivity index (χ4v) is 4.49. The number of anilines is 3. The van der Waals surface area contributed by atoms with Gasteiger partial charge in [0.2, 0.25) is 5.95 Å². The minimum absolute atomic E-state index is 0.274. The van der Waals surface area contributed by atoms with Crippen molar-refractivity contribution in [2.75, 3.05) is 11.1 Å². The first kappa shape index (κ1) is 17.8. The molecule has 2 heterocycles. The first-order chi connectivity index (χ1) is 13.1. The van der Waals surface area contributed by atoms with Crippen molar-refractivity contribution >= 4 is 44.7 Å². The number of thiophene rings is 1. The Balaban J connectivity index is 1.61. The maximum atomic E-state index is 5.94. The van der Waals surface area contributed by atoms with E-state index in [2.05, 4.69) is 52.3 Å². The molecule has 1 aliphatic carbocycles. The van der Waals surface area contributed by atoms with E-state index in [1.165, 1.54) is 37.7 Å². The van der Waals surface area contributed by atoms with Gasteiger partial charge in [0.1, 0.15) is 10.6 Å². The molecule has 0 atom stereocenters. The van der Waals surface area contributed by atoms with Gasteiger partial charge in [-0.25, -0.2) is 4.98 Å². The topological polar surface area (TPSA) is 75.9 Å². The average Bonchev–Trinajstić information content (AvgIpc) is 3.09. The second kappa shape index (κ2) is 7.56. The third kappa shape index (κ3) is 4.06. The third-order valence-corrected chi connectivity index (χ3v) is 6.09. The molecular formula is C21H25N5S. The van der Waals surface area contributed by atoms with Crippen LogP contribution in [-0.4, -0.2) is 16.0 Å². The SMILES string of the molecule is C=C(NC1CCCCC1)c1cc2c(Nc3ccc(C)cc3)nc(N)nc2s1. The molecule has 5 nitrogen and oxygen atoms in total. The number of aryl methyl sites for hydroxylation is 1.